The lowest BCUT2D eigenvalue weighted by molar-refractivity contribution is -0.122. The molecule has 0 saturated heterocycles. The largest absolute Gasteiger partial charge is 0.479 e. The average Bonchev–Trinajstić information content (AvgIpc) is 2.36. The zero-order chi connectivity index (χ0) is 14.0. The minimum absolute atomic E-state index is 0.101. The van der Waals surface area contributed by atoms with Crippen molar-refractivity contribution in [1.82, 2.24) is 0 Å². The van der Waals surface area contributed by atoms with Gasteiger partial charge in [0.05, 0.1) is 5.69 Å². The summed E-state index contributed by atoms with van der Waals surface area (Å²) in [6.07, 6.45) is 0.910. The summed E-state index contributed by atoms with van der Waals surface area (Å²) >= 11 is 0. The maximum absolute atomic E-state index is 12.0. The fraction of sp³-hybridized carbons (Fsp3) is 0.467. The van der Waals surface area contributed by atoms with Crippen LogP contribution >= 0.6 is 0 Å². The van der Waals surface area contributed by atoms with Crippen molar-refractivity contribution in [2.75, 3.05) is 5.32 Å². The topological polar surface area (TPSA) is 55.4 Å². The molecule has 1 aromatic carbocycles. The van der Waals surface area contributed by atoms with Gasteiger partial charge < -0.3 is 10.1 Å². The van der Waals surface area contributed by atoms with E-state index >= 15 is 0 Å². The molecular weight excluding hydrogens is 242 g/mol. The summed E-state index contributed by atoms with van der Waals surface area (Å²) in [6.45, 7) is 5.88. The van der Waals surface area contributed by atoms with E-state index < -0.39 is 6.10 Å². The lowest BCUT2D eigenvalue weighted by atomic mass is 10.0. The van der Waals surface area contributed by atoms with Crippen LogP contribution in [0.15, 0.2) is 18.2 Å². The molecule has 0 spiro atoms. The highest BCUT2D eigenvalue weighted by atomic mass is 16.5. The van der Waals surface area contributed by atoms with E-state index in [1.54, 1.807) is 25.1 Å². The minimum atomic E-state index is -0.491. The van der Waals surface area contributed by atoms with Crippen molar-refractivity contribution in [3.05, 3.63) is 23.8 Å². The third-order valence-corrected chi connectivity index (χ3v) is 3.18. The lowest BCUT2D eigenvalue weighted by Crippen LogP contribution is -2.34. The Morgan fingerprint density at radius 1 is 1.42 bits per heavy atom. The summed E-state index contributed by atoms with van der Waals surface area (Å²) < 4.78 is 5.45. The number of amides is 1. The first-order valence-electron chi connectivity index (χ1n) is 6.62. The Morgan fingerprint density at radius 3 is 2.84 bits per heavy atom. The fourth-order valence-corrected chi connectivity index (χ4v) is 1.95. The van der Waals surface area contributed by atoms with E-state index in [0.717, 1.165) is 6.42 Å². The van der Waals surface area contributed by atoms with Crippen LogP contribution in [0.1, 0.15) is 44.0 Å². The normalized spacial score (nSPS) is 17.7. The number of ketones is 1. The van der Waals surface area contributed by atoms with Gasteiger partial charge in [0, 0.05) is 12.0 Å². The molecule has 4 heteroatoms. The van der Waals surface area contributed by atoms with Crippen molar-refractivity contribution in [3.63, 3.8) is 0 Å². The van der Waals surface area contributed by atoms with Crippen LogP contribution in [0, 0.1) is 5.92 Å². The SMILES string of the molecule is CC(C)CCC(=O)c1ccc2c(c1)NC(=O)C(C)O2. The van der Waals surface area contributed by atoms with Crippen LogP contribution in [0.2, 0.25) is 0 Å². The van der Waals surface area contributed by atoms with Gasteiger partial charge in [0.1, 0.15) is 5.75 Å². The monoisotopic (exact) mass is 261 g/mol. The fourth-order valence-electron chi connectivity index (χ4n) is 1.95. The molecule has 1 aromatic rings. The number of Topliss-reactive ketones (excluding diaryl/α,β-unsaturated/α-hetero) is 1. The molecule has 19 heavy (non-hydrogen) atoms. The van der Waals surface area contributed by atoms with Crippen LogP contribution in [0.25, 0.3) is 0 Å². The van der Waals surface area contributed by atoms with Gasteiger partial charge in [0.25, 0.3) is 5.91 Å². The predicted molar refractivity (Wildman–Crippen MR) is 73.6 cm³/mol. The molecular formula is C15H19NO3. The summed E-state index contributed by atoms with van der Waals surface area (Å²) in [6, 6.07) is 5.20. The van der Waals surface area contributed by atoms with Crippen molar-refractivity contribution in [2.24, 2.45) is 5.92 Å². The van der Waals surface area contributed by atoms with Gasteiger partial charge in [-0.1, -0.05) is 13.8 Å². The quantitative estimate of drug-likeness (QED) is 0.848. The van der Waals surface area contributed by atoms with E-state index in [9.17, 15) is 9.59 Å². The van der Waals surface area contributed by atoms with E-state index in [-0.39, 0.29) is 11.7 Å². The molecule has 1 atom stereocenters. The summed E-state index contributed by atoms with van der Waals surface area (Å²) in [5, 5.41) is 2.75. The molecule has 2 rings (SSSR count). The highest BCUT2D eigenvalue weighted by molar-refractivity contribution is 6.01. The Hall–Kier alpha value is -1.84. The number of carbonyl (C=O) groups excluding carboxylic acids is 2. The lowest BCUT2D eigenvalue weighted by Gasteiger charge is -2.23. The van der Waals surface area contributed by atoms with Gasteiger partial charge in [-0.05, 0) is 37.5 Å². The number of carbonyl (C=O) groups is 2. The zero-order valence-corrected chi connectivity index (χ0v) is 11.5. The molecule has 1 N–H and O–H groups in total. The molecule has 0 radical (unpaired) electrons. The maximum atomic E-state index is 12.0. The van der Waals surface area contributed by atoms with E-state index in [2.05, 4.69) is 19.2 Å². The Morgan fingerprint density at radius 2 is 2.16 bits per heavy atom. The molecule has 0 aliphatic carbocycles. The van der Waals surface area contributed by atoms with Crippen LogP contribution in [-0.4, -0.2) is 17.8 Å². The second-order valence-corrected chi connectivity index (χ2v) is 5.32. The van der Waals surface area contributed by atoms with Crippen molar-refractivity contribution in [3.8, 4) is 5.75 Å². The van der Waals surface area contributed by atoms with Crippen molar-refractivity contribution in [1.29, 1.82) is 0 Å². The molecule has 0 aromatic heterocycles. The molecule has 1 heterocycles. The first-order chi connectivity index (χ1) is 8.97. The summed E-state index contributed by atoms with van der Waals surface area (Å²) in [4.78, 5) is 23.6. The predicted octanol–water partition coefficient (Wildman–Crippen LogP) is 3.02. The zero-order valence-electron chi connectivity index (χ0n) is 11.5. The first kappa shape index (κ1) is 13.6. The summed E-state index contributed by atoms with van der Waals surface area (Å²) in [7, 11) is 0. The Kier molecular flexibility index (Phi) is 3.88. The third kappa shape index (κ3) is 3.13. The van der Waals surface area contributed by atoms with Gasteiger partial charge in [-0.2, -0.15) is 0 Å². The molecule has 1 aliphatic rings. The van der Waals surface area contributed by atoms with E-state index in [4.69, 9.17) is 4.74 Å². The van der Waals surface area contributed by atoms with Gasteiger partial charge >= 0.3 is 0 Å². The van der Waals surface area contributed by atoms with Crippen LogP contribution in [0.3, 0.4) is 0 Å². The van der Waals surface area contributed by atoms with Crippen LogP contribution in [-0.2, 0) is 4.79 Å². The molecule has 1 aliphatic heterocycles. The van der Waals surface area contributed by atoms with E-state index in [0.29, 0.717) is 29.3 Å². The van der Waals surface area contributed by atoms with Crippen LogP contribution in [0.5, 0.6) is 5.75 Å². The molecule has 4 nitrogen and oxygen atoms in total. The Labute approximate surface area is 113 Å². The van der Waals surface area contributed by atoms with E-state index in [1.807, 2.05) is 0 Å². The number of benzene rings is 1. The molecule has 1 amide bonds. The second-order valence-electron chi connectivity index (χ2n) is 5.32. The van der Waals surface area contributed by atoms with Crippen LogP contribution in [0.4, 0.5) is 5.69 Å². The van der Waals surface area contributed by atoms with Gasteiger partial charge in [-0.25, -0.2) is 0 Å². The van der Waals surface area contributed by atoms with Crippen molar-refractivity contribution in [2.45, 2.75) is 39.7 Å². The standard InChI is InChI=1S/C15H19NO3/c1-9(2)4-6-13(17)11-5-7-14-12(8-11)16-15(18)10(3)19-14/h5,7-10H,4,6H2,1-3H3,(H,16,18). The molecule has 0 fully saturated rings. The number of fused-ring (bicyclic) bond motifs is 1. The number of hydrogen-bond acceptors (Lipinski definition) is 3. The van der Waals surface area contributed by atoms with Crippen molar-refractivity contribution >= 4 is 17.4 Å². The summed E-state index contributed by atoms with van der Waals surface area (Å²) in [5.41, 5.74) is 1.20. The van der Waals surface area contributed by atoms with Gasteiger partial charge in [-0.3, -0.25) is 9.59 Å². The molecule has 102 valence electrons. The van der Waals surface area contributed by atoms with Gasteiger partial charge in [-0.15, -0.1) is 0 Å². The number of hydrogen-bond donors (Lipinski definition) is 1. The molecule has 0 saturated carbocycles. The van der Waals surface area contributed by atoms with Crippen molar-refractivity contribution < 1.29 is 14.3 Å². The second kappa shape index (κ2) is 5.43. The summed E-state index contributed by atoms with van der Waals surface area (Å²) in [5.74, 6) is 1.04. The molecule has 1 unspecified atom stereocenters. The number of rotatable bonds is 4. The highest BCUT2D eigenvalue weighted by Gasteiger charge is 2.24. The van der Waals surface area contributed by atoms with Gasteiger partial charge in [0.2, 0.25) is 0 Å². The maximum Gasteiger partial charge on any atom is 0.265 e. The van der Waals surface area contributed by atoms with Gasteiger partial charge in [0.15, 0.2) is 11.9 Å². The smallest absolute Gasteiger partial charge is 0.265 e. The first-order valence-corrected chi connectivity index (χ1v) is 6.62. The Bertz CT molecular complexity index is 508. The number of anilines is 1. The average molecular weight is 261 g/mol. The Balaban J connectivity index is 2.15. The van der Waals surface area contributed by atoms with E-state index in [1.165, 1.54) is 0 Å². The number of nitrogens with one attached hydrogen (secondary N) is 1. The number of ether oxygens (including phenoxy) is 1. The van der Waals surface area contributed by atoms with Crippen LogP contribution < -0.4 is 10.1 Å². The molecule has 0 bridgehead atoms. The highest BCUT2D eigenvalue weighted by Crippen LogP contribution is 2.30. The third-order valence-electron chi connectivity index (χ3n) is 3.18. The minimum Gasteiger partial charge on any atom is -0.479 e.